The molecule has 3 rings (SSSR count). The molecule has 0 radical (unpaired) electrons. The summed E-state index contributed by atoms with van der Waals surface area (Å²) >= 11 is 0. The maximum absolute atomic E-state index is 2.49. The quantitative estimate of drug-likeness (QED) is 0.557. The molecule has 0 spiro atoms. The van der Waals surface area contributed by atoms with Gasteiger partial charge in [-0.15, -0.1) is 0 Å². The Bertz CT molecular complexity index is 174. The molecule has 3 saturated carbocycles. The van der Waals surface area contributed by atoms with E-state index < -0.39 is 0 Å². The van der Waals surface area contributed by atoms with Crippen LogP contribution in [0.25, 0.3) is 0 Å². The average Bonchev–Trinajstić information content (AvgIpc) is 2.04. The topological polar surface area (TPSA) is 0 Å². The van der Waals surface area contributed by atoms with Crippen molar-refractivity contribution < 1.29 is 0 Å². The maximum Gasteiger partial charge on any atom is -0.0295 e. The van der Waals surface area contributed by atoms with Crippen LogP contribution in [0.15, 0.2) is 0 Å². The second kappa shape index (κ2) is 2.49. The van der Waals surface area contributed by atoms with Gasteiger partial charge in [-0.25, -0.2) is 0 Å². The zero-order valence-corrected chi connectivity index (χ0v) is 8.93. The molecule has 0 N–H and O–H groups in total. The molecule has 0 heteroatoms. The van der Waals surface area contributed by atoms with Crippen LogP contribution >= 0.6 is 0 Å². The van der Waals surface area contributed by atoms with Crippen molar-refractivity contribution in [1.82, 2.24) is 0 Å². The van der Waals surface area contributed by atoms with Crippen molar-refractivity contribution in [1.29, 1.82) is 0 Å². The number of fused-ring (bicyclic) bond motifs is 2. The molecule has 3 fully saturated rings. The second-order valence-electron chi connectivity index (χ2n) is 5.85. The predicted octanol–water partition coefficient (Wildman–Crippen LogP) is 3.71. The van der Waals surface area contributed by atoms with Crippen LogP contribution in [-0.4, -0.2) is 0 Å². The van der Waals surface area contributed by atoms with Crippen LogP contribution in [0, 0.1) is 29.1 Å². The summed E-state index contributed by atoms with van der Waals surface area (Å²) in [5.41, 5.74) is 0.688. The van der Waals surface area contributed by atoms with Crippen molar-refractivity contribution in [2.75, 3.05) is 0 Å². The van der Waals surface area contributed by atoms with Gasteiger partial charge in [0.1, 0.15) is 0 Å². The fourth-order valence-corrected chi connectivity index (χ4v) is 3.67. The van der Waals surface area contributed by atoms with Gasteiger partial charge >= 0.3 is 0 Å². The van der Waals surface area contributed by atoms with E-state index in [4.69, 9.17) is 0 Å². The summed E-state index contributed by atoms with van der Waals surface area (Å²) in [6.45, 7) is 9.78. The van der Waals surface area contributed by atoms with Gasteiger partial charge in [0.05, 0.1) is 0 Å². The van der Waals surface area contributed by atoms with Crippen LogP contribution in [0.4, 0.5) is 0 Å². The molecule has 0 aromatic carbocycles. The Morgan fingerprint density at radius 1 is 1.17 bits per heavy atom. The summed E-state index contributed by atoms with van der Waals surface area (Å²) in [7, 11) is 0. The summed E-state index contributed by atoms with van der Waals surface area (Å²) < 4.78 is 0. The van der Waals surface area contributed by atoms with E-state index >= 15 is 0 Å². The van der Waals surface area contributed by atoms with Crippen LogP contribution in [0.2, 0.25) is 0 Å². The molecule has 3 atom stereocenters. The Balaban J connectivity index is 2.11. The van der Waals surface area contributed by atoms with Gasteiger partial charge < -0.3 is 0 Å². The SMILES string of the molecule is CC(C)C1CC[C@@H]2C[C@H]1C2(C)C. The molecule has 0 aromatic rings. The van der Waals surface area contributed by atoms with Gasteiger partial charge in [-0.3, -0.25) is 0 Å². The van der Waals surface area contributed by atoms with E-state index in [1.165, 1.54) is 19.3 Å². The highest BCUT2D eigenvalue weighted by atomic mass is 14.6. The first-order valence-electron chi connectivity index (χ1n) is 5.53. The Hall–Kier alpha value is 0. The van der Waals surface area contributed by atoms with Crippen molar-refractivity contribution in [3.8, 4) is 0 Å². The molecule has 0 saturated heterocycles. The Morgan fingerprint density at radius 3 is 2.17 bits per heavy atom. The number of hydrogen-bond acceptors (Lipinski definition) is 0. The van der Waals surface area contributed by atoms with Crippen molar-refractivity contribution in [3.63, 3.8) is 0 Å². The molecule has 0 aliphatic heterocycles. The third-order valence-corrected chi connectivity index (χ3v) is 4.77. The average molecular weight is 166 g/mol. The van der Waals surface area contributed by atoms with E-state index in [2.05, 4.69) is 27.7 Å². The lowest BCUT2D eigenvalue weighted by atomic mass is 9.44. The molecule has 70 valence electrons. The molecule has 1 unspecified atom stereocenters. The summed E-state index contributed by atoms with van der Waals surface area (Å²) in [5.74, 6) is 4.06. The normalized spacial score (nSPS) is 44.2. The molecular weight excluding hydrogens is 144 g/mol. The van der Waals surface area contributed by atoms with Crippen molar-refractivity contribution in [3.05, 3.63) is 0 Å². The first-order valence-corrected chi connectivity index (χ1v) is 5.53. The van der Waals surface area contributed by atoms with E-state index in [1.54, 1.807) is 0 Å². The smallest absolute Gasteiger partial charge is 0.0295 e. The monoisotopic (exact) mass is 166 g/mol. The highest BCUT2D eigenvalue weighted by molar-refractivity contribution is 5.03. The number of hydrogen-bond donors (Lipinski definition) is 0. The summed E-state index contributed by atoms with van der Waals surface area (Å²) in [5, 5.41) is 0. The van der Waals surface area contributed by atoms with Gasteiger partial charge in [0.2, 0.25) is 0 Å². The molecule has 0 heterocycles. The molecule has 0 nitrogen and oxygen atoms in total. The van der Waals surface area contributed by atoms with Gasteiger partial charge in [-0.05, 0) is 48.3 Å². The van der Waals surface area contributed by atoms with E-state index in [0.29, 0.717) is 5.41 Å². The van der Waals surface area contributed by atoms with Gasteiger partial charge in [0, 0.05) is 0 Å². The highest BCUT2D eigenvalue weighted by Crippen LogP contribution is 2.62. The zero-order chi connectivity index (χ0) is 8.93. The van der Waals surface area contributed by atoms with Crippen molar-refractivity contribution in [2.24, 2.45) is 29.1 Å². The molecule has 2 bridgehead atoms. The van der Waals surface area contributed by atoms with Gasteiger partial charge in [0.15, 0.2) is 0 Å². The predicted molar refractivity (Wildman–Crippen MR) is 52.9 cm³/mol. The first kappa shape index (κ1) is 8.59. The summed E-state index contributed by atoms with van der Waals surface area (Å²) in [6.07, 6.45) is 4.55. The molecule has 12 heavy (non-hydrogen) atoms. The molecular formula is C12H22. The van der Waals surface area contributed by atoms with E-state index in [1.807, 2.05) is 0 Å². The van der Waals surface area contributed by atoms with Crippen LogP contribution in [0.3, 0.4) is 0 Å². The molecule has 3 aliphatic carbocycles. The lowest BCUT2D eigenvalue weighted by molar-refractivity contribution is -0.117. The van der Waals surface area contributed by atoms with Crippen LogP contribution in [-0.2, 0) is 0 Å². The Kier molecular flexibility index (Phi) is 1.79. The Morgan fingerprint density at radius 2 is 1.83 bits per heavy atom. The largest absolute Gasteiger partial charge is 0.0625 e. The Labute approximate surface area is 76.7 Å². The minimum atomic E-state index is 0.688. The fraction of sp³-hybridized carbons (Fsp3) is 1.00. The molecule has 0 aromatic heterocycles. The fourth-order valence-electron chi connectivity index (χ4n) is 3.67. The minimum absolute atomic E-state index is 0.688. The third-order valence-electron chi connectivity index (χ3n) is 4.77. The lowest BCUT2D eigenvalue weighted by Gasteiger charge is -2.61. The van der Waals surface area contributed by atoms with Gasteiger partial charge in [-0.1, -0.05) is 27.7 Å². The maximum atomic E-state index is 2.49. The second-order valence-corrected chi connectivity index (χ2v) is 5.85. The third kappa shape index (κ3) is 0.963. The van der Waals surface area contributed by atoms with Crippen molar-refractivity contribution in [2.45, 2.75) is 47.0 Å². The summed E-state index contributed by atoms with van der Waals surface area (Å²) in [4.78, 5) is 0. The van der Waals surface area contributed by atoms with E-state index in [-0.39, 0.29) is 0 Å². The first-order chi connectivity index (χ1) is 5.53. The lowest BCUT2D eigenvalue weighted by Crippen LogP contribution is -2.53. The van der Waals surface area contributed by atoms with Gasteiger partial charge in [-0.2, -0.15) is 0 Å². The van der Waals surface area contributed by atoms with Crippen LogP contribution in [0.1, 0.15) is 47.0 Å². The molecule has 3 aliphatic rings. The van der Waals surface area contributed by atoms with Gasteiger partial charge in [0.25, 0.3) is 0 Å². The minimum Gasteiger partial charge on any atom is -0.0625 e. The standard InChI is InChI=1S/C12H22/c1-8(2)10-6-5-9-7-11(10)12(9,3)4/h8-11H,5-7H2,1-4H3/t9-,10?,11-/m1/s1. The van der Waals surface area contributed by atoms with Crippen molar-refractivity contribution >= 4 is 0 Å². The van der Waals surface area contributed by atoms with Crippen LogP contribution in [0.5, 0.6) is 0 Å². The zero-order valence-electron chi connectivity index (χ0n) is 8.93. The summed E-state index contributed by atoms with van der Waals surface area (Å²) in [6, 6.07) is 0. The highest BCUT2D eigenvalue weighted by Gasteiger charge is 2.54. The van der Waals surface area contributed by atoms with E-state index in [0.717, 1.165) is 23.7 Å². The number of rotatable bonds is 1. The van der Waals surface area contributed by atoms with Crippen LogP contribution < -0.4 is 0 Å². The van der Waals surface area contributed by atoms with E-state index in [9.17, 15) is 0 Å². The molecule has 0 amide bonds.